The van der Waals surface area contributed by atoms with Crippen molar-refractivity contribution >= 4 is 34.8 Å². The van der Waals surface area contributed by atoms with Crippen molar-refractivity contribution in [1.82, 2.24) is 4.90 Å². The third-order valence-corrected chi connectivity index (χ3v) is 4.63. The van der Waals surface area contributed by atoms with Gasteiger partial charge in [-0.2, -0.15) is 0 Å². The zero-order valence-electron chi connectivity index (χ0n) is 15.5. The Morgan fingerprint density at radius 3 is 2.13 bits per heavy atom. The number of benzene rings is 2. The Balaban J connectivity index is 2.25. The fourth-order valence-corrected chi connectivity index (χ4v) is 3.29. The van der Waals surface area contributed by atoms with E-state index in [-0.39, 0.29) is 16.8 Å². The number of hydrogen-bond acceptors (Lipinski definition) is 8. The lowest BCUT2D eigenvalue weighted by atomic mass is 9.94. The van der Waals surface area contributed by atoms with Crippen LogP contribution in [-0.2, 0) is 14.4 Å². The van der Waals surface area contributed by atoms with Gasteiger partial charge in [0.2, 0.25) is 0 Å². The molecule has 158 valence electrons. The number of Topliss-reactive ketones (excluding diaryl/α,β-unsaturated/α-hetero) is 1. The molecule has 0 bridgehead atoms. The Kier molecular flexibility index (Phi) is 5.46. The third-order valence-electron chi connectivity index (χ3n) is 4.63. The van der Waals surface area contributed by atoms with E-state index in [1.165, 1.54) is 18.2 Å². The smallest absolute Gasteiger partial charge is 0.323 e. The molecule has 0 aromatic heterocycles. The molecule has 0 aliphatic carbocycles. The lowest BCUT2D eigenvalue weighted by molar-refractivity contribution is -0.385. The molecule has 12 nitrogen and oxygen atoms in total. The Bertz CT molecular complexity index is 1150. The van der Waals surface area contributed by atoms with E-state index in [0.29, 0.717) is 4.90 Å². The van der Waals surface area contributed by atoms with E-state index in [0.717, 1.165) is 30.3 Å². The van der Waals surface area contributed by atoms with Crippen molar-refractivity contribution in [2.45, 2.75) is 6.04 Å². The second kappa shape index (κ2) is 8.02. The topological polar surface area (TPSA) is 181 Å². The molecule has 0 unspecified atom stereocenters. The maximum atomic E-state index is 12.7. The Hall–Kier alpha value is -4.61. The number of rotatable bonds is 6. The number of carboxylic acids is 1. The minimum atomic E-state index is -1.55. The number of carbonyl (C=O) groups is 3. The number of ketones is 1. The predicted octanol–water partition coefficient (Wildman–Crippen LogP) is 2.01. The molecule has 1 amide bonds. The van der Waals surface area contributed by atoms with Crippen LogP contribution < -0.4 is 0 Å². The molecule has 0 saturated carbocycles. The molecule has 1 heterocycles. The molecule has 1 aliphatic heterocycles. The van der Waals surface area contributed by atoms with Crippen LogP contribution in [0.4, 0.5) is 11.4 Å². The van der Waals surface area contributed by atoms with Crippen molar-refractivity contribution in [2.75, 3.05) is 6.54 Å². The van der Waals surface area contributed by atoms with Gasteiger partial charge in [0.15, 0.2) is 0 Å². The number of likely N-dealkylation sites (tertiary alicyclic amines) is 1. The van der Waals surface area contributed by atoms with E-state index in [2.05, 4.69) is 0 Å². The van der Waals surface area contributed by atoms with E-state index in [4.69, 9.17) is 5.11 Å². The highest BCUT2D eigenvalue weighted by atomic mass is 16.6. The number of amides is 1. The summed E-state index contributed by atoms with van der Waals surface area (Å²) in [4.78, 5) is 57.9. The number of para-hydroxylation sites is 1. The minimum absolute atomic E-state index is 0.0671. The van der Waals surface area contributed by atoms with Crippen molar-refractivity contribution in [3.63, 3.8) is 0 Å². The van der Waals surface area contributed by atoms with Crippen LogP contribution in [0, 0.1) is 20.2 Å². The zero-order chi connectivity index (χ0) is 22.9. The van der Waals surface area contributed by atoms with E-state index < -0.39 is 57.1 Å². The van der Waals surface area contributed by atoms with E-state index in [1.807, 2.05) is 0 Å². The lowest BCUT2D eigenvalue weighted by Gasteiger charge is -2.23. The highest BCUT2D eigenvalue weighted by Gasteiger charge is 2.48. The molecule has 1 fully saturated rings. The number of nitrogens with zero attached hydrogens (tertiary/aromatic N) is 3. The van der Waals surface area contributed by atoms with Crippen molar-refractivity contribution in [3.05, 3.63) is 85.5 Å². The number of carbonyl (C=O) groups excluding carboxylic acids is 2. The largest absolute Gasteiger partial charge is 0.507 e. The molecular formula is C19H13N3O9. The average molecular weight is 427 g/mol. The number of aliphatic carboxylic acids is 1. The second-order valence-corrected chi connectivity index (χ2v) is 6.44. The van der Waals surface area contributed by atoms with Gasteiger partial charge in [-0.3, -0.25) is 34.6 Å². The fourth-order valence-electron chi connectivity index (χ4n) is 3.29. The molecule has 1 saturated heterocycles. The summed E-state index contributed by atoms with van der Waals surface area (Å²) in [5.41, 5.74) is -1.58. The molecule has 12 heteroatoms. The summed E-state index contributed by atoms with van der Waals surface area (Å²) in [7, 11) is 0. The SMILES string of the molecule is O=C(O)CN1C(=O)C(=O)/C(=C(/O)c2ccc([N+](=O)[O-])cc2)[C@@H]1c1ccccc1[N+](=O)[O-]. The monoisotopic (exact) mass is 427 g/mol. The van der Waals surface area contributed by atoms with Gasteiger partial charge < -0.3 is 15.1 Å². The molecule has 3 rings (SSSR count). The summed E-state index contributed by atoms with van der Waals surface area (Å²) >= 11 is 0. The van der Waals surface area contributed by atoms with Crippen LogP contribution in [-0.4, -0.2) is 49.2 Å². The molecule has 31 heavy (non-hydrogen) atoms. The maximum Gasteiger partial charge on any atom is 0.323 e. The van der Waals surface area contributed by atoms with Gasteiger partial charge in [0, 0.05) is 23.8 Å². The standard InChI is InChI=1S/C19H13N3O9/c23-14(24)9-20-16(12-3-1-2-4-13(12)22(30)31)15(18(26)19(20)27)17(25)10-5-7-11(8-6-10)21(28)29/h1-8,16,25H,9H2,(H,23,24)/b17-15+/t16-/m0/s1. The fraction of sp³-hybridized carbons (Fsp3) is 0.105. The van der Waals surface area contributed by atoms with Gasteiger partial charge >= 0.3 is 5.97 Å². The number of nitro groups is 2. The lowest BCUT2D eigenvalue weighted by Crippen LogP contribution is -2.34. The van der Waals surface area contributed by atoms with Gasteiger partial charge in [-0.1, -0.05) is 12.1 Å². The van der Waals surface area contributed by atoms with Gasteiger partial charge in [0.1, 0.15) is 12.3 Å². The molecule has 0 radical (unpaired) electrons. The van der Waals surface area contributed by atoms with Gasteiger partial charge in [0.05, 0.1) is 27.0 Å². The molecule has 1 atom stereocenters. The first-order valence-corrected chi connectivity index (χ1v) is 8.61. The first kappa shape index (κ1) is 21.1. The van der Waals surface area contributed by atoms with Crippen molar-refractivity contribution in [3.8, 4) is 0 Å². The van der Waals surface area contributed by atoms with Gasteiger partial charge in [-0.25, -0.2) is 0 Å². The second-order valence-electron chi connectivity index (χ2n) is 6.44. The number of carboxylic acid groups (broad SMARTS) is 1. The Morgan fingerprint density at radius 1 is 0.968 bits per heavy atom. The van der Waals surface area contributed by atoms with Crippen molar-refractivity contribution in [1.29, 1.82) is 0 Å². The normalized spacial score (nSPS) is 17.5. The molecule has 2 aromatic carbocycles. The van der Waals surface area contributed by atoms with Crippen LogP contribution in [0.1, 0.15) is 17.2 Å². The van der Waals surface area contributed by atoms with Crippen LogP contribution in [0.3, 0.4) is 0 Å². The van der Waals surface area contributed by atoms with Crippen molar-refractivity contribution in [2.24, 2.45) is 0 Å². The quantitative estimate of drug-likeness (QED) is 0.229. The van der Waals surface area contributed by atoms with E-state index in [9.17, 15) is 39.7 Å². The number of nitro benzene ring substituents is 2. The highest BCUT2D eigenvalue weighted by Crippen LogP contribution is 2.42. The zero-order valence-corrected chi connectivity index (χ0v) is 15.5. The van der Waals surface area contributed by atoms with Crippen LogP contribution >= 0.6 is 0 Å². The first-order valence-electron chi connectivity index (χ1n) is 8.61. The van der Waals surface area contributed by atoms with Crippen LogP contribution in [0.25, 0.3) is 5.76 Å². The Labute approximate surface area is 172 Å². The van der Waals surface area contributed by atoms with Crippen LogP contribution in [0.2, 0.25) is 0 Å². The number of aliphatic hydroxyl groups excluding tert-OH is 1. The highest BCUT2D eigenvalue weighted by molar-refractivity contribution is 6.47. The maximum absolute atomic E-state index is 12.7. The summed E-state index contributed by atoms with van der Waals surface area (Å²) in [5, 5.41) is 42.2. The van der Waals surface area contributed by atoms with Gasteiger partial charge in [0.25, 0.3) is 23.1 Å². The number of aliphatic hydroxyl groups is 1. The summed E-state index contributed by atoms with van der Waals surface area (Å²) in [6.45, 7) is -0.946. The van der Waals surface area contributed by atoms with Gasteiger partial charge in [-0.15, -0.1) is 0 Å². The van der Waals surface area contributed by atoms with E-state index >= 15 is 0 Å². The molecule has 0 spiro atoms. The molecular weight excluding hydrogens is 414 g/mol. The minimum Gasteiger partial charge on any atom is -0.507 e. The van der Waals surface area contributed by atoms with Crippen LogP contribution in [0.5, 0.6) is 0 Å². The number of non-ortho nitro benzene ring substituents is 1. The summed E-state index contributed by atoms with van der Waals surface area (Å²) in [6.07, 6.45) is 0. The van der Waals surface area contributed by atoms with Gasteiger partial charge in [-0.05, 0) is 18.2 Å². The molecule has 1 aliphatic rings. The predicted molar refractivity (Wildman–Crippen MR) is 103 cm³/mol. The van der Waals surface area contributed by atoms with E-state index in [1.54, 1.807) is 0 Å². The summed E-state index contributed by atoms with van der Waals surface area (Å²) < 4.78 is 0. The summed E-state index contributed by atoms with van der Waals surface area (Å²) in [6, 6.07) is 7.94. The summed E-state index contributed by atoms with van der Waals surface area (Å²) in [5.74, 6) is -4.71. The average Bonchev–Trinajstić information content (AvgIpc) is 2.97. The first-order chi connectivity index (χ1) is 14.6. The van der Waals surface area contributed by atoms with Crippen LogP contribution in [0.15, 0.2) is 54.1 Å². The van der Waals surface area contributed by atoms with Crippen molar-refractivity contribution < 1.29 is 34.4 Å². The molecule has 2 aromatic rings. The molecule has 2 N–H and O–H groups in total. The number of hydrogen-bond donors (Lipinski definition) is 2. The Morgan fingerprint density at radius 2 is 1.58 bits per heavy atom. The third kappa shape index (κ3) is 3.81.